The molecule has 2 rings (SSSR count). The highest BCUT2D eigenvalue weighted by molar-refractivity contribution is 7.89. The molecular formula is C14H22N2O3S. The maximum absolute atomic E-state index is 12.6. The van der Waals surface area contributed by atoms with Crippen LogP contribution in [0.4, 0.5) is 0 Å². The van der Waals surface area contributed by atoms with Crippen LogP contribution in [0.15, 0.2) is 29.2 Å². The Morgan fingerprint density at radius 1 is 1.35 bits per heavy atom. The van der Waals surface area contributed by atoms with E-state index < -0.39 is 10.0 Å². The molecule has 0 saturated carbocycles. The van der Waals surface area contributed by atoms with Gasteiger partial charge in [-0.15, -0.1) is 0 Å². The lowest BCUT2D eigenvalue weighted by Gasteiger charge is -2.32. The molecule has 1 aromatic carbocycles. The molecule has 0 aromatic heterocycles. The molecule has 20 heavy (non-hydrogen) atoms. The molecule has 1 aromatic rings. The van der Waals surface area contributed by atoms with Crippen LogP contribution in [0.1, 0.15) is 19.4 Å². The highest BCUT2D eigenvalue weighted by Crippen LogP contribution is 2.20. The maximum Gasteiger partial charge on any atom is 0.243 e. The van der Waals surface area contributed by atoms with E-state index in [2.05, 4.69) is 5.32 Å². The van der Waals surface area contributed by atoms with Gasteiger partial charge in [0.25, 0.3) is 0 Å². The number of sulfonamides is 1. The minimum Gasteiger partial charge on any atom is -0.378 e. The summed E-state index contributed by atoms with van der Waals surface area (Å²) < 4.78 is 32.0. The van der Waals surface area contributed by atoms with E-state index in [4.69, 9.17) is 4.74 Å². The highest BCUT2D eigenvalue weighted by atomic mass is 32.2. The standard InChI is InChI=1S/C14H22N2O3S/c1-3-15-10-13-4-6-14(7-5-13)20(17,18)16-8-9-19-11-12(16)2/h4-7,12,15H,3,8-11H2,1-2H3. The number of hydrogen-bond acceptors (Lipinski definition) is 4. The summed E-state index contributed by atoms with van der Waals surface area (Å²) in [5, 5.41) is 3.22. The fourth-order valence-electron chi connectivity index (χ4n) is 2.25. The summed E-state index contributed by atoms with van der Waals surface area (Å²) in [5.74, 6) is 0. The summed E-state index contributed by atoms with van der Waals surface area (Å²) in [6.07, 6.45) is 0. The molecule has 0 spiro atoms. The molecule has 1 N–H and O–H groups in total. The van der Waals surface area contributed by atoms with E-state index in [1.54, 1.807) is 12.1 Å². The summed E-state index contributed by atoms with van der Waals surface area (Å²) >= 11 is 0. The monoisotopic (exact) mass is 298 g/mol. The Morgan fingerprint density at radius 2 is 2.05 bits per heavy atom. The summed E-state index contributed by atoms with van der Waals surface area (Å²) in [6.45, 7) is 6.90. The molecule has 1 saturated heterocycles. The summed E-state index contributed by atoms with van der Waals surface area (Å²) in [5.41, 5.74) is 1.08. The van der Waals surface area contributed by atoms with Crippen molar-refractivity contribution in [3.8, 4) is 0 Å². The number of benzene rings is 1. The van der Waals surface area contributed by atoms with Crippen molar-refractivity contribution in [3.05, 3.63) is 29.8 Å². The van der Waals surface area contributed by atoms with Crippen LogP contribution in [0.2, 0.25) is 0 Å². The lowest BCUT2D eigenvalue weighted by molar-refractivity contribution is 0.0393. The topological polar surface area (TPSA) is 58.6 Å². The highest BCUT2D eigenvalue weighted by Gasteiger charge is 2.31. The van der Waals surface area contributed by atoms with Gasteiger partial charge in [-0.1, -0.05) is 19.1 Å². The zero-order valence-electron chi connectivity index (χ0n) is 12.0. The zero-order valence-corrected chi connectivity index (χ0v) is 12.8. The molecule has 1 unspecified atom stereocenters. The van der Waals surface area contributed by atoms with E-state index in [0.717, 1.165) is 18.7 Å². The van der Waals surface area contributed by atoms with Crippen molar-refractivity contribution in [2.24, 2.45) is 0 Å². The third-order valence-corrected chi connectivity index (χ3v) is 5.44. The van der Waals surface area contributed by atoms with Crippen LogP contribution in [0.3, 0.4) is 0 Å². The Hall–Kier alpha value is -0.950. The average Bonchev–Trinajstić information content (AvgIpc) is 2.46. The second-order valence-electron chi connectivity index (χ2n) is 4.96. The van der Waals surface area contributed by atoms with Gasteiger partial charge < -0.3 is 10.1 Å². The van der Waals surface area contributed by atoms with E-state index in [-0.39, 0.29) is 6.04 Å². The molecule has 112 valence electrons. The molecule has 1 aliphatic heterocycles. The van der Waals surface area contributed by atoms with Crippen molar-refractivity contribution in [1.82, 2.24) is 9.62 Å². The van der Waals surface area contributed by atoms with E-state index in [9.17, 15) is 8.42 Å². The van der Waals surface area contributed by atoms with Crippen molar-refractivity contribution >= 4 is 10.0 Å². The predicted octanol–water partition coefficient (Wildman–Crippen LogP) is 1.21. The summed E-state index contributed by atoms with van der Waals surface area (Å²) in [6, 6.07) is 6.98. The number of nitrogens with one attached hydrogen (secondary N) is 1. The number of ether oxygens (including phenoxy) is 1. The largest absolute Gasteiger partial charge is 0.378 e. The van der Waals surface area contributed by atoms with E-state index >= 15 is 0 Å². The van der Waals surface area contributed by atoms with Gasteiger partial charge in [-0.25, -0.2) is 8.42 Å². The van der Waals surface area contributed by atoms with Gasteiger partial charge in [0.15, 0.2) is 0 Å². The Bertz CT molecular complexity index is 528. The number of morpholine rings is 1. The SMILES string of the molecule is CCNCc1ccc(S(=O)(=O)N2CCOCC2C)cc1. The molecular weight excluding hydrogens is 276 g/mol. The minimum atomic E-state index is -3.42. The molecule has 5 nitrogen and oxygen atoms in total. The number of hydrogen-bond donors (Lipinski definition) is 1. The lowest BCUT2D eigenvalue weighted by Crippen LogP contribution is -2.46. The molecule has 0 aliphatic carbocycles. The van der Waals surface area contributed by atoms with Gasteiger partial charge in [-0.2, -0.15) is 4.31 Å². The Labute approximate surface area is 121 Å². The van der Waals surface area contributed by atoms with Gasteiger partial charge in [0.05, 0.1) is 18.1 Å². The van der Waals surface area contributed by atoms with Gasteiger partial charge in [0.2, 0.25) is 10.0 Å². The third-order valence-electron chi connectivity index (χ3n) is 3.42. The van der Waals surface area contributed by atoms with Gasteiger partial charge in [-0.05, 0) is 31.2 Å². The smallest absolute Gasteiger partial charge is 0.243 e. The Kier molecular flexibility index (Phi) is 5.15. The first-order valence-electron chi connectivity index (χ1n) is 6.95. The molecule has 1 atom stereocenters. The molecule has 0 bridgehead atoms. The van der Waals surface area contributed by atoms with Gasteiger partial charge in [0.1, 0.15) is 0 Å². The first-order valence-corrected chi connectivity index (χ1v) is 8.39. The maximum atomic E-state index is 12.6. The van der Waals surface area contributed by atoms with Crippen LogP contribution in [-0.4, -0.2) is 45.1 Å². The Balaban J connectivity index is 2.16. The first kappa shape index (κ1) is 15.4. The molecule has 1 aliphatic rings. The number of rotatable bonds is 5. The fraction of sp³-hybridized carbons (Fsp3) is 0.571. The predicted molar refractivity (Wildman–Crippen MR) is 78.0 cm³/mol. The van der Waals surface area contributed by atoms with Crippen LogP contribution in [0.25, 0.3) is 0 Å². The zero-order chi connectivity index (χ0) is 14.6. The minimum absolute atomic E-state index is 0.116. The Morgan fingerprint density at radius 3 is 2.65 bits per heavy atom. The summed E-state index contributed by atoms with van der Waals surface area (Å²) in [7, 11) is -3.42. The summed E-state index contributed by atoms with van der Waals surface area (Å²) in [4.78, 5) is 0.353. The van der Waals surface area contributed by atoms with E-state index in [1.165, 1.54) is 4.31 Å². The van der Waals surface area contributed by atoms with Gasteiger partial charge >= 0.3 is 0 Å². The quantitative estimate of drug-likeness (QED) is 0.887. The number of nitrogens with zero attached hydrogens (tertiary/aromatic N) is 1. The normalized spacial score (nSPS) is 21.0. The second kappa shape index (κ2) is 6.67. The molecule has 0 radical (unpaired) electrons. The van der Waals surface area contributed by atoms with Gasteiger partial charge in [-0.3, -0.25) is 0 Å². The van der Waals surface area contributed by atoms with Gasteiger partial charge in [0, 0.05) is 19.1 Å². The average molecular weight is 298 g/mol. The van der Waals surface area contributed by atoms with Crippen molar-refractivity contribution in [1.29, 1.82) is 0 Å². The van der Waals surface area contributed by atoms with Crippen LogP contribution >= 0.6 is 0 Å². The third kappa shape index (κ3) is 3.38. The molecule has 1 fully saturated rings. The van der Waals surface area contributed by atoms with E-state index in [0.29, 0.717) is 24.7 Å². The van der Waals surface area contributed by atoms with Crippen molar-refractivity contribution in [2.75, 3.05) is 26.3 Å². The van der Waals surface area contributed by atoms with Crippen LogP contribution in [0.5, 0.6) is 0 Å². The van der Waals surface area contributed by atoms with Crippen LogP contribution in [-0.2, 0) is 21.3 Å². The van der Waals surface area contributed by atoms with E-state index in [1.807, 2.05) is 26.0 Å². The van der Waals surface area contributed by atoms with Crippen molar-refractivity contribution in [3.63, 3.8) is 0 Å². The second-order valence-corrected chi connectivity index (χ2v) is 6.85. The molecule has 6 heteroatoms. The van der Waals surface area contributed by atoms with Crippen LogP contribution < -0.4 is 5.32 Å². The lowest BCUT2D eigenvalue weighted by atomic mass is 10.2. The fourth-order valence-corrected chi connectivity index (χ4v) is 3.85. The molecule has 0 amide bonds. The van der Waals surface area contributed by atoms with Crippen molar-refractivity contribution < 1.29 is 13.2 Å². The molecule has 1 heterocycles. The first-order chi connectivity index (χ1) is 9.55. The van der Waals surface area contributed by atoms with Crippen molar-refractivity contribution in [2.45, 2.75) is 31.3 Å². The van der Waals surface area contributed by atoms with Crippen LogP contribution in [0, 0.1) is 0 Å².